The zero-order chi connectivity index (χ0) is 13.0. The second kappa shape index (κ2) is 5.85. The monoisotopic (exact) mass is 250 g/mol. The molecule has 0 aromatic heterocycles. The topological polar surface area (TPSA) is 41.1 Å². The summed E-state index contributed by atoms with van der Waals surface area (Å²) in [5.74, 6) is -0.251. The molecule has 4 heteroatoms. The van der Waals surface area contributed by atoms with Gasteiger partial charge in [0.25, 0.3) is 0 Å². The standard InChI is InChI=1S/C14H19FN2O/c1-10-8-11(15)6-7-13(10)16-9-14(18)17-12-4-2-3-5-12/h6-8,12,16H,2-5,9H2,1H3,(H,17,18). The molecular weight excluding hydrogens is 231 g/mol. The molecule has 1 aliphatic carbocycles. The lowest BCUT2D eigenvalue weighted by Gasteiger charge is -2.13. The van der Waals surface area contributed by atoms with Gasteiger partial charge in [0.2, 0.25) is 5.91 Å². The summed E-state index contributed by atoms with van der Waals surface area (Å²) in [6.45, 7) is 2.06. The van der Waals surface area contributed by atoms with E-state index in [-0.39, 0.29) is 18.3 Å². The van der Waals surface area contributed by atoms with E-state index in [9.17, 15) is 9.18 Å². The van der Waals surface area contributed by atoms with Gasteiger partial charge in [0.15, 0.2) is 0 Å². The van der Waals surface area contributed by atoms with E-state index in [2.05, 4.69) is 10.6 Å². The number of aryl methyl sites for hydroxylation is 1. The fraction of sp³-hybridized carbons (Fsp3) is 0.500. The van der Waals surface area contributed by atoms with Gasteiger partial charge in [-0.1, -0.05) is 12.8 Å². The Hall–Kier alpha value is -1.58. The Morgan fingerprint density at radius 3 is 2.78 bits per heavy atom. The van der Waals surface area contributed by atoms with Crippen LogP contribution in [0.3, 0.4) is 0 Å². The SMILES string of the molecule is Cc1cc(F)ccc1NCC(=O)NC1CCCC1. The normalized spacial score (nSPS) is 15.7. The largest absolute Gasteiger partial charge is 0.376 e. The Morgan fingerprint density at radius 1 is 1.39 bits per heavy atom. The van der Waals surface area contributed by atoms with Crippen molar-refractivity contribution in [3.05, 3.63) is 29.6 Å². The van der Waals surface area contributed by atoms with Crippen molar-refractivity contribution in [2.24, 2.45) is 0 Å². The summed E-state index contributed by atoms with van der Waals surface area (Å²) in [7, 11) is 0. The van der Waals surface area contributed by atoms with Gasteiger partial charge in [0.1, 0.15) is 5.82 Å². The minimum Gasteiger partial charge on any atom is -0.376 e. The van der Waals surface area contributed by atoms with Gasteiger partial charge in [0, 0.05) is 11.7 Å². The average molecular weight is 250 g/mol. The summed E-state index contributed by atoms with van der Waals surface area (Å²) in [5.41, 5.74) is 1.61. The summed E-state index contributed by atoms with van der Waals surface area (Å²) in [6, 6.07) is 4.85. The number of anilines is 1. The fourth-order valence-corrected chi connectivity index (χ4v) is 2.35. The first-order valence-corrected chi connectivity index (χ1v) is 6.44. The predicted octanol–water partition coefficient (Wildman–Crippen LogP) is 2.60. The van der Waals surface area contributed by atoms with Crippen molar-refractivity contribution in [2.75, 3.05) is 11.9 Å². The lowest BCUT2D eigenvalue weighted by atomic mass is 10.2. The van der Waals surface area contributed by atoms with Crippen molar-refractivity contribution < 1.29 is 9.18 Å². The Bertz CT molecular complexity index is 428. The van der Waals surface area contributed by atoms with Crippen LogP contribution in [-0.2, 0) is 4.79 Å². The van der Waals surface area contributed by atoms with E-state index in [0.717, 1.165) is 24.1 Å². The molecule has 2 N–H and O–H groups in total. The van der Waals surface area contributed by atoms with Gasteiger partial charge in [-0.2, -0.15) is 0 Å². The third kappa shape index (κ3) is 3.45. The molecular formula is C14H19FN2O. The molecule has 98 valence electrons. The molecule has 0 aliphatic heterocycles. The highest BCUT2D eigenvalue weighted by atomic mass is 19.1. The van der Waals surface area contributed by atoms with E-state index in [1.807, 2.05) is 6.92 Å². The van der Waals surface area contributed by atoms with Crippen LogP contribution in [0.25, 0.3) is 0 Å². The summed E-state index contributed by atoms with van der Waals surface area (Å²) in [4.78, 5) is 11.7. The molecule has 1 saturated carbocycles. The molecule has 18 heavy (non-hydrogen) atoms. The van der Waals surface area contributed by atoms with Crippen LogP contribution in [0.4, 0.5) is 10.1 Å². The highest BCUT2D eigenvalue weighted by Gasteiger charge is 2.16. The van der Waals surface area contributed by atoms with Gasteiger partial charge in [-0.15, -0.1) is 0 Å². The number of halogens is 1. The van der Waals surface area contributed by atoms with E-state index >= 15 is 0 Å². The van der Waals surface area contributed by atoms with Gasteiger partial charge < -0.3 is 10.6 Å². The summed E-state index contributed by atoms with van der Waals surface area (Å²) in [5, 5.41) is 6.04. The van der Waals surface area contributed by atoms with Gasteiger partial charge in [0.05, 0.1) is 6.54 Å². The average Bonchev–Trinajstić information content (AvgIpc) is 2.80. The second-order valence-electron chi connectivity index (χ2n) is 4.86. The summed E-state index contributed by atoms with van der Waals surface area (Å²) in [6.07, 6.45) is 4.58. The summed E-state index contributed by atoms with van der Waals surface area (Å²) >= 11 is 0. The van der Waals surface area contributed by atoms with Gasteiger partial charge in [-0.3, -0.25) is 4.79 Å². The van der Waals surface area contributed by atoms with Gasteiger partial charge in [-0.05, 0) is 43.5 Å². The minimum absolute atomic E-state index is 0.00521. The van der Waals surface area contributed by atoms with Crippen LogP contribution >= 0.6 is 0 Å². The van der Waals surface area contributed by atoms with Crippen molar-refractivity contribution in [2.45, 2.75) is 38.6 Å². The molecule has 0 unspecified atom stereocenters. The van der Waals surface area contributed by atoms with Crippen LogP contribution in [0, 0.1) is 12.7 Å². The Kier molecular flexibility index (Phi) is 4.18. The number of amides is 1. The van der Waals surface area contributed by atoms with Crippen LogP contribution < -0.4 is 10.6 Å². The van der Waals surface area contributed by atoms with Crippen LogP contribution in [0.15, 0.2) is 18.2 Å². The molecule has 0 heterocycles. The maximum atomic E-state index is 12.9. The van der Waals surface area contributed by atoms with Gasteiger partial charge in [-0.25, -0.2) is 4.39 Å². The number of carbonyl (C=O) groups excluding carboxylic acids is 1. The molecule has 2 rings (SSSR count). The molecule has 1 aromatic rings. The van der Waals surface area contributed by atoms with E-state index in [4.69, 9.17) is 0 Å². The molecule has 0 atom stereocenters. The third-order valence-corrected chi connectivity index (χ3v) is 3.35. The number of hydrogen-bond acceptors (Lipinski definition) is 2. The Balaban J connectivity index is 1.81. The lowest BCUT2D eigenvalue weighted by molar-refractivity contribution is -0.120. The zero-order valence-corrected chi connectivity index (χ0v) is 10.6. The number of benzene rings is 1. The maximum Gasteiger partial charge on any atom is 0.239 e. The van der Waals surface area contributed by atoms with Crippen LogP contribution in [0.1, 0.15) is 31.2 Å². The molecule has 0 spiro atoms. The zero-order valence-electron chi connectivity index (χ0n) is 10.6. The van der Waals surface area contributed by atoms with Crippen molar-refractivity contribution in [3.63, 3.8) is 0 Å². The van der Waals surface area contributed by atoms with E-state index in [1.54, 1.807) is 6.07 Å². The van der Waals surface area contributed by atoms with Crippen molar-refractivity contribution in [1.82, 2.24) is 5.32 Å². The van der Waals surface area contributed by atoms with Crippen LogP contribution in [0.5, 0.6) is 0 Å². The van der Waals surface area contributed by atoms with E-state index in [1.165, 1.54) is 25.0 Å². The number of carbonyl (C=O) groups is 1. The van der Waals surface area contributed by atoms with Crippen molar-refractivity contribution in [1.29, 1.82) is 0 Å². The third-order valence-electron chi connectivity index (χ3n) is 3.35. The number of hydrogen-bond donors (Lipinski definition) is 2. The minimum atomic E-state index is -0.256. The van der Waals surface area contributed by atoms with Gasteiger partial charge >= 0.3 is 0 Å². The molecule has 1 amide bonds. The van der Waals surface area contributed by atoms with E-state index in [0.29, 0.717) is 6.04 Å². The Labute approximate surface area is 107 Å². The first kappa shape index (κ1) is 12.9. The molecule has 1 aromatic carbocycles. The summed E-state index contributed by atoms with van der Waals surface area (Å²) < 4.78 is 12.9. The van der Waals surface area contributed by atoms with Crippen LogP contribution in [0.2, 0.25) is 0 Å². The second-order valence-corrected chi connectivity index (χ2v) is 4.86. The number of rotatable bonds is 4. The smallest absolute Gasteiger partial charge is 0.239 e. The number of nitrogens with one attached hydrogen (secondary N) is 2. The molecule has 1 fully saturated rings. The van der Waals surface area contributed by atoms with Crippen molar-refractivity contribution >= 4 is 11.6 Å². The van der Waals surface area contributed by atoms with Crippen molar-refractivity contribution in [3.8, 4) is 0 Å². The molecule has 0 radical (unpaired) electrons. The van der Waals surface area contributed by atoms with E-state index < -0.39 is 0 Å². The van der Waals surface area contributed by atoms with Crippen LogP contribution in [-0.4, -0.2) is 18.5 Å². The molecule has 1 aliphatic rings. The first-order chi connectivity index (χ1) is 8.65. The highest BCUT2D eigenvalue weighted by molar-refractivity contribution is 5.81. The fourth-order valence-electron chi connectivity index (χ4n) is 2.35. The predicted molar refractivity (Wildman–Crippen MR) is 70.0 cm³/mol. The quantitative estimate of drug-likeness (QED) is 0.862. The molecule has 0 bridgehead atoms. The molecule has 0 saturated heterocycles. The lowest BCUT2D eigenvalue weighted by Crippen LogP contribution is -2.36. The Morgan fingerprint density at radius 2 is 2.11 bits per heavy atom. The first-order valence-electron chi connectivity index (χ1n) is 6.44. The maximum absolute atomic E-state index is 12.9. The molecule has 3 nitrogen and oxygen atoms in total. The highest BCUT2D eigenvalue weighted by Crippen LogP contribution is 2.18.